The summed E-state index contributed by atoms with van der Waals surface area (Å²) in [5.41, 5.74) is -1.06. The van der Waals surface area contributed by atoms with E-state index in [0.717, 1.165) is 0 Å². The molecule has 0 aromatic carbocycles. The van der Waals surface area contributed by atoms with Gasteiger partial charge in [0, 0.05) is 13.1 Å². The largest absolute Gasteiger partial charge is 0.481 e. The third-order valence-electron chi connectivity index (χ3n) is 2.70. The first-order valence-corrected chi connectivity index (χ1v) is 6.61. The highest BCUT2D eigenvalue weighted by Crippen LogP contribution is 2.12. The van der Waals surface area contributed by atoms with Crippen molar-refractivity contribution in [2.45, 2.75) is 40.7 Å². The van der Waals surface area contributed by atoms with E-state index in [1.807, 2.05) is 13.8 Å². The van der Waals surface area contributed by atoms with Crippen LogP contribution in [0.3, 0.4) is 0 Å². The summed E-state index contributed by atoms with van der Waals surface area (Å²) in [4.78, 5) is 34.1. The van der Waals surface area contributed by atoms with E-state index in [1.165, 1.54) is 13.8 Å². The van der Waals surface area contributed by atoms with Gasteiger partial charge in [0.25, 0.3) is 0 Å². The SMILES string of the molecule is CC(C)CNC(=O)C(C)NC(=O)NCC(C)(C)C(=O)O. The molecule has 0 rings (SSSR count). The normalized spacial score (nSPS) is 12.7. The maximum atomic E-state index is 11.6. The van der Waals surface area contributed by atoms with Crippen LogP contribution in [0.2, 0.25) is 0 Å². The van der Waals surface area contributed by atoms with Crippen molar-refractivity contribution in [3.05, 3.63) is 0 Å². The maximum absolute atomic E-state index is 11.6. The zero-order valence-electron chi connectivity index (χ0n) is 12.7. The molecule has 0 radical (unpaired) electrons. The molecule has 3 amide bonds. The number of aliphatic carboxylic acids is 1. The van der Waals surface area contributed by atoms with Gasteiger partial charge in [0.2, 0.25) is 5.91 Å². The molecular formula is C13H25N3O4. The lowest BCUT2D eigenvalue weighted by molar-refractivity contribution is -0.146. The van der Waals surface area contributed by atoms with Crippen LogP contribution in [0.25, 0.3) is 0 Å². The highest BCUT2D eigenvalue weighted by Gasteiger charge is 2.28. The summed E-state index contributed by atoms with van der Waals surface area (Å²) >= 11 is 0. The topological polar surface area (TPSA) is 108 Å². The summed E-state index contributed by atoms with van der Waals surface area (Å²) in [5, 5.41) is 16.5. The van der Waals surface area contributed by atoms with Crippen LogP contribution in [0, 0.1) is 11.3 Å². The van der Waals surface area contributed by atoms with E-state index in [-0.39, 0.29) is 12.5 Å². The molecule has 7 nitrogen and oxygen atoms in total. The van der Waals surface area contributed by atoms with E-state index < -0.39 is 23.5 Å². The first kappa shape index (κ1) is 18.2. The van der Waals surface area contributed by atoms with Gasteiger partial charge >= 0.3 is 12.0 Å². The summed E-state index contributed by atoms with van der Waals surface area (Å²) in [6, 6.07) is -1.24. The maximum Gasteiger partial charge on any atom is 0.315 e. The van der Waals surface area contributed by atoms with Gasteiger partial charge in [-0.1, -0.05) is 13.8 Å². The fraction of sp³-hybridized carbons (Fsp3) is 0.769. The predicted molar refractivity (Wildman–Crippen MR) is 75.3 cm³/mol. The van der Waals surface area contributed by atoms with E-state index in [1.54, 1.807) is 6.92 Å². The number of amides is 3. The summed E-state index contributed by atoms with van der Waals surface area (Å²) in [7, 11) is 0. The van der Waals surface area contributed by atoms with Crippen molar-refractivity contribution in [1.29, 1.82) is 0 Å². The molecule has 4 N–H and O–H groups in total. The molecule has 1 atom stereocenters. The monoisotopic (exact) mass is 287 g/mol. The fourth-order valence-electron chi connectivity index (χ4n) is 1.15. The molecule has 0 spiro atoms. The Bertz CT molecular complexity index is 367. The quantitative estimate of drug-likeness (QED) is 0.548. The third-order valence-corrected chi connectivity index (χ3v) is 2.70. The number of urea groups is 1. The van der Waals surface area contributed by atoms with Crippen molar-refractivity contribution in [1.82, 2.24) is 16.0 Å². The van der Waals surface area contributed by atoms with Crippen LogP contribution >= 0.6 is 0 Å². The number of carbonyl (C=O) groups excluding carboxylic acids is 2. The average Bonchev–Trinajstić information content (AvgIpc) is 2.33. The van der Waals surface area contributed by atoms with Crippen molar-refractivity contribution >= 4 is 17.9 Å². The van der Waals surface area contributed by atoms with Crippen LogP contribution in [0.1, 0.15) is 34.6 Å². The zero-order chi connectivity index (χ0) is 15.9. The minimum atomic E-state index is -1.06. The first-order valence-electron chi connectivity index (χ1n) is 6.61. The van der Waals surface area contributed by atoms with Gasteiger partial charge in [0.15, 0.2) is 0 Å². The Hall–Kier alpha value is -1.79. The summed E-state index contributed by atoms with van der Waals surface area (Å²) in [5.74, 6) is -0.941. The van der Waals surface area contributed by atoms with Gasteiger partial charge in [-0.2, -0.15) is 0 Å². The van der Waals surface area contributed by atoms with Gasteiger partial charge < -0.3 is 21.1 Å². The van der Waals surface area contributed by atoms with Gasteiger partial charge in [-0.25, -0.2) is 4.79 Å². The second kappa shape index (κ2) is 7.72. The molecule has 0 heterocycles. The van der Waals surface area contributed by atoms with E-state index in [2.05, 4.69) is 16.0 Å². The van der Waals surface area contributed by atoms with Gasteiger partial charge in [-0.15, -0.1) is 0 Å². The number of carboxylic acids is 1. The molecule has 1 unspecified atom stereocenters. The molecule has 0 bridgehead atoms. The highest BCUT2D eigenvalue weighted by atomic mass is 16.4. The Labute approximate surface area is 119 Å². The molecule has 0 aliphatic rings. The summed E-state index contributed by atoms with van der Waals surface area (Å²) < 4.78 is 0. The molecule has 20 heavy (non-hydrogen) atoms. The summed E-state index contributed by atoms with van der Waals surface area (Å²) in [6.07, 6.45) is 0. The highest BCUT2D eigenvalue weighted by molar-refractivity contribution is 5.86. The lowest BCUT2D eigenvalue weighted by atomic mass is 9.94. The number of hydrogen-bond donors (Lipinski definition) is 4. The minimum Gasteiger partial charge on any atom is -0.481 e. The van der Waals surface area contributed by atoms with Crippen LogP contribution < -0.4 is 16.0 Å². The van der Waals surface area contributed by atoms with Crippen molar-refractivity contribution < 1.29 is 19.5 Å². The van der Waals surface area contributed by atoms with E-state index in [9.17, 15) is 14.4 Å². The van der Waals surface area contributed by atoms with Crippen LogP contribution in [-0.2, 0) is 9.59 Å². The zero-order valence-corrected chi connectivity index (χ0v) is 12.7. The predicted octanol–water partition coefficient (Wildman–Crippen LogP) is 0.557. The lowest BCUT2D eigenvalue weighted by Crippen LogP contribution is -2.51. The number of nitrogens with one attached hydrogen (secondary N) is 3. The Kier molecular flexibility index (Phi) is 7.02. The van der Waals surface area contributed by atoms with Crippen LogP contribution in [0.4, 0.5) is 4.79 Å². The standard InChI is InChI=1S/C13H25N3O4/c1-8(2)6-14-10(17)9(3)16-12(20)15-7-13(4,5)11(18)19/h8-9H,6-7H2,1-5H3,(H,14,17)(H,18,19)(H2,15,16,20). The molecule has 0 saturated heterocycles. The Morgan fingerprint density at radius 3 is 2.10 bits per heavy atom. The van der Waals surface area contributed by atoms with Gasteiger partial charge in [-0.05, 0) is 26.7 Å². The second-order valence-electron chi connectivity index (χ2n) is 5.88. The number of carbonyl (C=O) groups is 3. The average molecular weight is 287 g/mol. The molecular weight excluding hydrogens is 262 g/mol. The van der Waals surface area contributed by atoms with Gasteiger partial charge in [-0.3, -0.25) is 9.59 Å². The minimum absolute atomic E-state index is 0.0193. The molecule has 0 saturated carbocycles. The van der Waals surface area contributed by atoms with Crippen LogP contribution in [0.15, 0.2) is 0 Å². The molecule has 0 fully saturated rings. The number of hydrogen-bond acceptors (Lipinski definition) is 3. The molecule has 0 aliphatic carbocycles. The van der Waals surface area contributed by atoms with Crippen molar-refractivity contribution in [2.75, 3.05) is 13.1 Å². The third kappa shape index (κ3) is 6.96. The van der Waals surface area contributed by atoms with E-state index in [4.69, 9.17) is 5.11 Å². The van der Waals surface area contributed by atoms with Crippen molar-refractivity contribution in [2.24, 2.45) is 11.3 Å². The second-order valence-corrected chi connectivity index (χ2v) is 5.88. The molecule has 0 aromatic rings. The summed E-state index contributed by atoms with van der Waals surface area (Å²) in [6.45, 7) is 9.05. The molecule has 116 valence electrons. The van der Waals surface area contributed by atoms with E-state index in [0.29, 0.717) is 12.5 Å². The van der Waals surface area contributed by atoms with Crippen molar-refractivity contribution in [3.8, 4) is 0 Å². The van der Waals surface area contributed by atoms with Crippen molar-refractivity contribution in [3.63, 3.8) is 0 Å². The molecule has 7 heteroatoms. The van der Waals surface area contributed by atoms with Crippen LogP contribution in [0.5, 0.6) is 0 Å². The van der Waals surface area contributed by atoms with Crippen LogP contribution in [-0.4, -0.2) is 42.1 Å². The lowest BCUT2D eigenvalue weighted by Gasteiger charge is -2.21. The van der Waals surface area contributed by atoms with Gasteiger partial charge in [0.05, 0.1) is 5.41 Å². The smallest absolute Gasteiger partial charge is 0.315 e. The first-order chi connectivity index (χ1) is 9.06. The number of rotatable bonds is 7. The molecule has 0 aliphatic heterocycles. The number of carboxylic acid groups (broad SMARTS) is 1. The Morgan fingerprint density at radius 1 is 1.10 bits per heavy atom. The Balaban J connectivity index is 4.14. The molecule has 0 aromatic heterocycles. The fourth-order valence-corrected chi connectivity index (χ4v) is 1.15. The van der Waals surface area contributed by atoms with E-state index >= 15 is 0 Å². The van der Waals surface area contributed by atoms with Gasteiger partial charge in [0.1, 0.15) is 6.04 Å². The Morgan fingerprint density at radius 2 is 1.65 bits per heavy atom.